The van der Waals surface area contributed by atoms with Gasteiger partial charge in [-0.1, -0.05) is 42.5 Å². The van der Waals surface area contributed by atoms with Gasteiger partial charge >= 0.3 is 0 Å². The van der Waals surface area contributed by atoms with Gasteiger partial charge in [-0.25, -0.2) is 9.97 Å². The molecule has 0 radical (unpaired) electrons. The van der Waals surface area contributed by atoms with Crippen LogP contribution in [0.1, 0.15) is 23.9 Å². The molecule has 0 fully saturated rings. The molecule has 8 heteroatoms. The second-order valence-electron chi connectivity index (χ2n) is 6.88. The van der Waals surface area contributed by atoms with Crippen molar-refractivity contribution in [3.8, 4) is 10.4 Å². The summed E-state index contributed by atoms with van der Waals surface area (Å²) in [5, 5.41) is 16.5. The highest BCUT2D eigenvalue weighted by molar-refractivity contribution is 7.21. The van der Waals surface area contributed by atoms with Gasteiger partial charge in [0.15, 0.2) is 5.82 Å². The molecule has 4 aromatic rings. The third kappa shape index (κ3) is 3.90. The Balaban J connectivity index is 1.69. The highest BCUT2D eigenvalue weighted by Gasteiger charge is 2.14. The van der Waals surface area contributed by atoms with Crippen LogP contribution >= 0.6 is 11.3 Å². The zero-order valence-corrected chi connectivity index (χ0v) is 17.5. The van der Waals surface area contributed by atoms with E-state index in [1.165, 1.54) is 6.07 Å². The summed E-state index contributed by atoms with van der Waals surface area (Å²) < 4.78 is 0. The SMILES string of the molecule is C/C(=N\Nc1nc(C)nc2sc(-c3ccccc3)cc12)c1ccc(C)c([N+](=O)[O-])c1. The van der Waals surface area contributed by atoms with Crippen molar-refractivity contribution < 1.29 is 4.92 Å². The summed E-state index contributed by atoms with van der Waals surface area (Å²) in [6.07, 6.45) is 0. The Kier molecular flexibility index (Phi) is 5.24. The Morgan fingerprint density at radius 2 is 1.87 bits per heavy atom. The van der Waals surface area contributed by atoms with Crippen molar-refractivity contribution in [1.29, 1.82) is 0 Å². The van der Waals surface area contributed by atoms with Gasteiger partial charge in [-0.2, -0.15) is 5.10 Å². The second kappa shape index (κ2) is 8.00. The number of aryl methyl sites for hydroxylation is 2. The molecule has 30 heavy (non-hydrogen) atoms. The van der Waals surface area contributed by atoms with Crippen LogP contribution in [-0.2, 0) is 0 Å². The van der Waals surface area contributed by atoms with Crippen LogP contribution < -0.4 is 5.43 Å². The van der Waals surface area contributed by atoms with Gasteiger partial charge in [-0.05, 0) is 32.4 Å². The minimum Gasteiger partial charge on any atom is -0.260 e. The number of hydrogen-bond acceptors (Lipinski definition) is 7. The van der Waals surface area contributed by atoms with Crippen molar-refractivity contribution in [2.75, 3.05) is 5.43 Å². The summed E-state index contributed by atoms with van der Waals surface area (Å²) in [7, 11) is 0. The normalized spacial score (nSPS) is 11.6. The number of nitrogens with zero attached hydrogens (tertiary/aromatic N) is 4. The van der Waals surface area contributed by atoms with Crippen molar-refractivity contribution in [1.82, 2.24) is 9.97 Å². The third-order valence-electron chi connectivity index (χ3n) is 4.72. The molecule has 0 aliphatic carbocycles. The summed E-state index contributed by atoms with van der Waals surface area (Å²) in [5.41, 5.74) is 6.15. The predicted octanol–water partition coefficient (Wildman–Crippen LogP) is 5.72. The molecule has 0 saturated carbocycles. The monoisotopic (exact) mass is 417 g/mol. The van der Waals surface area contributed by atoms with Gasteiger partial charge in [0.25, 0.3) is 5.69 Å². The van der Waals surface area contributed by atoms with E-state index in [0.717, 1.165) is 20.7 Å². The molecule has 7 nitrogen and oxygen atoms in total. The number of fused-ring (bicyclic) bond motifs is 1. The lowest BCUT2D eigenvalue weighted by Crippen LogP contribution is -2.03. The summed E-state index contributed by atoms with van der Waals surface area (Å²) in [5.74, 6) is 1.25. The number of hydrogen-bond donors (Lipinski definition) is 1. The van der Waals surface area contributed by atoms with Gasteiger partial charge in [-0.3, -0.25) is 15.5 Å². The Morgan fingerprint density at radius 3 is 2.60 bits per heavy atom. The molecule has 4 rings (SSSR count). The number of benzene rings is 2. The van der Waals surface area contributed by atoms with Gasteiger partial charge in [0, 0.05) is 22.1 Å². The van der Waals surface area contributed by atoms with E-state index >= 15 is 0 Å². The van der Waals surface area contributed by atoms with E-state index < -0.39 is 0 Å². The van der Waals surface area contributed by atoms with Crippen molar-refractivity contribution in [3.05, 3.63) is 81.7 Å². The first-order valence-corrected chi connectivity index (χ1v) is 10.1. The number of nitro benzene ring substituents is 1. The predicted molar refractivity (Wildman–Crippen MR) is 121 cm³/mol. The molecule has 0 amide bonds. The van der Waals surface area contributed by atoms with Crippen molar-refractivity contribution in [2.24, 2.45) is 5.10 Å². The topological polar surface area (TPSA) is 93.3 Å². The van der Waals surface area contributed by atoms with Crippen LogP contribution in [0.15, 0.2) is 59.7 Å². The van der Waals surface area contributed by atoms with Gasteiger partial charge in [0.1, 0.15) is 10.7 Å². The molecule has 2 aromatic heterocycles. The van der Waals surface area contributed by atoms with Crippen LogP contribution in [0.4, 0.5) is 11.5 Å². The molecule has 0 unspecified atom stereocenters. The maximum atomic E-state index is 11.2. The number of rotatable bonds is 5. The van der Waals surface area contributed by atoms with Crippen molar-refractivity contribution >= 4 is 38.8 Å². The average molecular weight is 417 g/mol. The minimum atomic E-state index is -0.382. The molecule has 0 spiro atoms. The van der Waals surface area contributed by atoms with E-state index in [2.05, 4.69) is 38.7 Å². The van der Waals surface area contributed by atoms with Crippen LogP contribution in [-0.4, -0.2) is 20.6 Å². The van der Waals surface area contributed by atoms with Gasteiger partial charge in [0.2, 0.25) is 0 Å². The first-order valence-electron chi connectivity index (χ1n) is 9.31. The molecule has 150 valence electrons. The van der Waals surface area contributed by atoms with Crippen LogP contribution in [0.5, 0.6) is 0 Å². The highest BCUT2D eigenvalue weighted by atomic mass is 32.1. The van der Waals surface area contributed by atoms with E-state index in [1.54, 1.807) is 31.3 Å². The standard InChI is InChI=1S/C22H19N5O2S/c1-13-9-10-17(11-19(13)27(28)29)14(2)25-26-21-18-12-20(16-7-5-4-6-8-16)30-22(18)24-15(3)23-21/h4-12H,1-3H3,(H,23,24,26)/b25-14+. The molecule has 2 aromatic carbocycles. The molecule has 0 saturated heterocycles. The van der Waals surface area contributed by atoms with Gasteiger partial charge in [0.05, 0.1) is 16.0 Å². The van der Waals surface area contributed by atoms with Crippen LogP contribution in [0.25, 0.3) is 20.7 Å². The zero-order chi connectivity index (χ0) is 21.3. The lowest BCUT2D eigenvalue weighted by Gasteiger charge is -2.06. The van der Waals surface area contributed by atoms with E-state index in [0.29, 0.717) is 28.5 Å². The molecule has 0 bridgehead atoms. The number of anilines is 1. The Bertz CT molecular complexity index is 1280. The lowest BCUT2D eigenvalue weighted by atomic mass is 10.1. The second-order valence-corrected chi connectivity index (χ2v) is 7.91. The molecular formula is C22H19N5O2S. The number of hydrazone groups is 1. The molecular weight excluding hydrogens is 398 g/mol. The fraction of sp³-hybridized carbons (Fsp3) is 0.136. The third-order valence-corrected chi connectivity index (χ3v) is 5.79. The summed E-state index contributed by atoms with van der Waals surface area (Å²) in [6.45, 7) is 5.36. The van der Waals surface area contributed by atoms with Crippen LogP contribution in [0.3, 0.4) is 0 Å². The average Bonchev–Trinajstić information content (AvgIpc) is 3.16. The first kappa shape index (κ1) is 19.7. The number of nitrogens with one attached hydrogen (secondary N) is 1. The Morgan fingerprint density at radius 1 is 1.10 bits per heavy atom. The summed E-state index contributed by atoms with van der Waals surface area (Å²) in [6, 6.07) is 17.3. The van der Waals surface area contributed by atoms with E-state index in [-0.39, 0.29) is 10.6 Å². The number of nitro groups is 1. The summed E-state index contributed by atoms with van der Waals surface area (Å²) >= 11 is 1.60. The maximum Gasteiger partial charge on any atom is 0.272 e. The van der Waals surface area contributed by atoms with Crippen LogP contribution in [0.2, 0.25) is 0 Å². The quantitative estimate of drug-likeness (QED) is 0.255. The fourth-order valence-corrected chi connectivity index (χ4v) is 4.17. The van der Waals surface area contributed by atoms with Gasteiger partial charge in [-0.15, -0.1) is 11.3 Å². The zero-order valence-electron chi connectivity index (χ0n) is 16.7. The first-order chi connectivity index (χ1) is 14.4. The minimum absolute atomic E-state index is 0.0765. The molecule has 0 aliphatic rings. The van der Waals surface area contributed by atoms with Crippen LogP contribution in [0, 0.1) is 24.0 Å². The lowest BCUT2D eigenvalue weighted by molar-refractivity contribution is -0.385. The Labute approximate surface area is 177 Å². The highest BCUT2D eigenvalue weighted by Crippen LogP contribution is 2.35. The number of aromatic nitrogens is 2. The maximum absolute atomic E-state index is 11.2. The molecule has 0 aliphatic heterocycles. The van der Waals surface area contributed by atoms with E-state index in [4.69, 9.17) is 0 Å². The molecule has 1 N–H and O–H groups in total. The van der Waals surface area contributed by atoms with E-state index in [1.807, 2.05) is 31.2 Å². The molecule has 0 atom stereocenters. The van der Waals surface area contributed by atoms with Crippen molar-refractivity contribution in [2.45, 2.75) is 20.8 Å². The van der Waals surface area contributed by atoms with Crippen molar-refractivity contribution in [3.63, 3.8) is 0 Å². The Hall–Kier alpha value is -3.65. The molecule has 2 heterocycles. The number of thiophene rings is 1. The van der Waals surface area contributed by atoms with Gasteiger partial charge < -0.3 is 0 Å². The largest absolute Gasteiger partial charge is 0.272 e. The smallest absolute Gasteiger partial charge is 0.260 e. The summed E-state index contributed by atoms with van der Waals surface area (Å²) in [4.78, 5) is 21.9. The van der Waals surface area contributed by atoms with E-state index in [9.17, 15) is 10.1 Å². The fourth-order valence-electron chi connectivity index (χ4n) is 3.09.